The first-order valence-corrected chi connectivity index (χ1v) is 8.25. The predicted molar refractivity (Wildman–Crippen MR) is 103 cm³/mol. The Morgan fingerprint density at radius 1 is 1.16 bits per heavy atom. The minimum Gasteiger partial charge on any atom is -0.340 e. The first-order valence-electron chi connectivity index (χ1n) is 8.25. The van der Waals surface area contributed by atoms with Gasteiger partial charge in [0.2, 0.25) is 5.91 Å². The lowest BCUT2D eigenvalue weighted by Gasteiger charge is -2.04. The van der Waals surface area contributed by atoms with Gasteiger partial charge < -0.3 is 4.57 Å². The topological polar surface area (TPSA) is 46.4 Å². The van der Waals surface area contributed by atoms with Crippen molar-refractivity contribution in [1.29, 1.82) is 0 Å². The lowest BCUT2D eigenvalue weighted by molar-refractivity contribution is -0.120. The molecule has 0 saturated carbocycles. The third-order valence-electron chi connectivity index (χ3n) is 4.18. The number of rotatable bonds is 6. The van der Waals surface area contributed by atoms with Gasteiger partial charge in [-0.3, -0.25) is 4.79 Å². The van der Waals surface area contributed by atoms with Crippen LogP contribution in [0.1, 0.15) is 16.8 Å². The molecule has 1 heterocycles. The fraction of sp³-hybridized carbons (Fsp3) is 0.143. The van der Waals surface area contributed by atoms with Crippen molar-refractivity contribution >= 4 is 23.0 Å². The van der Waals surface area contributed by atoms with E-state index in [9.17, 15) is 4.79 Å². The maximum absolute atomic E-state index is 12.0. The molecule has 1 N–H and O–H groups in total. The van der Waals surface area contributed by atoms with Gasteiger partial charge in [0, 0.05) is 28.7 Å². The molecule has 126 valence electrons. The number of nitrogens with zero attached hydrogens (tertiary/aromatic N) is 2. The van der Waals surface area contributed by atoms with Gasteiger partial charge in [-0.25, -0.2) is 5.43 Å². The molecule has 0 spiro atoms. The standard InChI is InChI=1S/C21H21N3O/c1-3-13-24-16(2)19(18-11-7-8-12-20(18)24)15-22-23-21(25)14-17-9-5-4-6-10-17/h3-12,15H,1,13-14H2,2H3,(H,23,25)/b22-15-. The largest absolute Gasteiger partial charge is 0.340 e. The van der Waals surface area contributed by atoms with Crippen LogP contribution >= 0.6 is 0 Å². The summed E-state index contributed by atoms with van der Waals surface area (Å²) in [5, 5.41) is 5.27. The average molecular weight is 331 g/mol. The van der Waals surface area contributed by atoms with E-state index in [0.717, 1.165) is 34.3 Å². The summed E-state index contributed by atoms with van der Waals surface area (Å²) < 4.78 is 2.19. The Morgan fingerprint density at radius 3 is 2.64 bits per heavy atom. The fourth-order valence-corrected chi connectivity index (χ4v) is 2.97. The van der Waals surface area contributed by atoms with E-state index in [1.54, 1.807) is 6.21 Å². The number of allylic oxidation sites excluding steroid dienone is 1. The molecule has 0 unspecified atom stereocenters. The summed E-state index contributed by atoms with van der Waals surface area (Å²) in [6.45, 7) is 6.62. The molecule has 4 heteroatoms. The van der Waals surface area contributed by atoms with Gasteiger partial charge in [-0.1, -0.05) is 54.6 Å². The van der Waals surface area contributed by atoms with Crippen molar-refractivity contribution in [3.8, 4) is 0 Å². The van der Waals surface area contributed by atoms with Crippen LogP contribution in [0.3, 0.4) is 0 Å². The van der Waals surface area contributed by atoms with Crippen LogP contribution in [0.15, 0.2) is 72.4 Å². The number of fused-ring (bicyclic) bond motifs is 1. The molecule has 2 aromatic carbocycles. The Morgan fingerprint density at radius 2 is 1.88 bits per heavy atom. The number of hydrogen-bond acceptors (Lipinski definition) is 2. The van der Waals surface area contributed by atoms with Crippen molar-refractivity contribution < 1.29 is 4.79 Å². The number of carbonyl (C=O) groups is 1. The molecule has 0 saturated heterocycles. The first-order chi connectivity index (χ1) is 12.2. The van der Waals surface area contributed by atoms with Crippen molar-refractivity contribution in [2.24, 2.45) is 5.10 Å². The third-order valence-corrected chi connectivity index (χ3v) is 4.18. The monoisotopic (exact) mass is 331 g/mol. The molecule has 0 aliphatic carbocycles. The average Bonchev–Trinajstić information content (AvgIpc) is 2.89. The van der Waals surface area contributed by atoms with E-state index in [4.69, 9.17) is 0 Å². The highest BCUT2D eigenvalue weighted by Crippen LogP contribution is 2.24. The number of hydrazone groups is 1. The molecule has 0 bridgehead atoms. The molecule has 4 nitrogen and oxygen atoms in total. The van der Waals surface area contributed by atoms with Crippen LogP contribution in [0.4, 0.5) is 0 Å². The molecule has 3 aromatic rings. The van der Waals surface area contributed by atoms with Gasteiger partial charge in [0.25, 0.3) is 0 Å². The summed E-state index contributed by atoms with van der Waals surface area (Å²) in [6, 6.07) is 17.8. The van der Waals surface area contributed by atoms with E-state index in [-0.39, 0.29) is 5.91 Å². The van der Waals surface area contributed by atoms with E-state index >= 15 is 0 Å². The Labute approximate surface area is 147 Å². The highest BCUT2D eigenvalue weighted by molar-refractivity contribution is 6.01. The lowest BCUT2D eigenvalue weighted by atomic mass is 10.1. The highest BCUT2D eigenvalue weighted by atomic mass is 16.2. The third kappa shape index (κ3) is 3.69. The zero-order valence-electron chi connectivity index (χ0n) is 14.3. The summed E-state index contributed by atoms with van der Waals surface area (Å²) in [5.41, 5.74) is 6.83. The predicted octanol–water partition coefficient (Wildman–Crippen LogP) is 3.83. The molecule has 25 heavy (non-hydrogen) atoms. The van der Waals surface area contributed by atoms with Gasteiger partial charge in [0.05, 0.1) is 12.6 Å². The first kappa shape index (κ1) is 16.7. The Balaban J connectivity index is 1.78. The summed E-state index contributed by atoms with van der Waals surface area (Å²) in [6.07, 6.45) is 3.91. The van der Waals surface area contributed by atoms with E-state index in [1.807, 2.05) is 48.5 Å². The molecular formula is C21H21N3O. The molecule has 0 aliphatic heterocycles. The van der Waals surface area contributed by atoms with Crippen molar-refractivity contribution in [3.05, 3.63) is 84.1 Å². The lowest BCUT2D eigenvalue weighted by Crippen LogP contribution is -2.19. The minimum absolute atomic E-state index is 0.130. The smallest absolute Gasteiger partial charge is 0.244 e. The number of hydrogen-bond donors (Lipinski definition) is 1. The molecule has 0 radical (unpaired) electrons. The summed E-state index contributed by atoms with van der Waals surface area (Å²) in [4.78, 5) is 12.0. The molecule has 1 aromatic heterocycles. The van der Waals surface area contributed by atoms with Crippen LogP contribution in [-0.2, 0) is 17.8 Å². The van der Waals surface area contributed by atoms with Crippen LogP contribution in [0.5, 0.6) is 0 Å². The summed E-state index contributed by atoms with van der Waals surface area (Å²) >= 11 is 0. The van der Waals surface area contributed by atoms with Gasteiger partial charge >= 0.3 is 0 Å². The summed E-state index contributed by atoms with van der Waals surface area (Å²) in [5.74, 6) is -0.130. The molecule has 3 rings (SSSR count). The van der Waals surface area contributed by atoms with Crippen LogP contribution in [-0.4, -0.2) is 16.7 Å². The van der Waals surface area contributed by atoms with Crippen molar-refractivity contribution in [2.75, 3.05) is 0 Å². The number of carbonyl (C=O) groups excluding carboxylic acids is 1. The number of aromatic nitrogens is 1. The van der Waals surface area contributed by atoms with Crippen molar-refractivity contribution in [1.82, 2.24) is 9.99 Å². The SMILES string of the molecule is C=CCn1c(C)c(/C=N\NC(=O)Cc2ccccc2)c2ccccc21. The number of benzene rings is 2. The second-order valence-corrected chi connectivity index (χ2v) is 5.87. The quantitative estimate of drug-likeness (QED) is 0.416. The molecule has 1 amide bonds. The van der Waals surface area contributed by atoms with Gasteiger partial charge in [0.15, 0.2) is 0 Å². The number of para-hydroxylation sites is 1. The molecular weight excluding hydrogens is 310 g/mol. The van der Waals surface area contributed by atoms with Crippen LogP contribution in [0, 0.1) is 6.92 Å². The molecule has 0 atom stereocenters. The van der Waals surface area contributed by atoms with Gasteiger partial charge in [-0.15, -0.1) is 6.58 Å². The molecule has 0 aliphatic rings. The van der Waals surface area contributed by atoms with Crippen LogP contribution in [0.25, 0.3) is 10.9 Å². The maximum Gasteiger partial charge on any atom is 0.244 e. The van der Waals surface area contributed by atoms with Crippen molar-refractivity contribution in [2.45, 2.75) is 19.9 Å². The van der Waals surface area contributed by atoms with E-state index in [1.165, 1.54) is 0 Å². The summed E-state index contributed by atoms with van der Waals surface area (Å²) in [7, 11) is 0. The zero-order valence-corrected chi connectivity index (χ0v) is 14.3. The zero-order chi connectivity index (χ0) is 17.6. The van der Waals surface area contributed by atoms with E-state index in [0.29, 0.717) is 6.42 Å². The van der Waals surface area contributed by atoms with Crippen LogP contribution < -0.4 is 5.43 Å². The highest BCUT2D eigenvalue weighted by Gasteiger charge is 2.11. The number of nitrogens with one attached hydrogen (secondary N) is 1. The van der Waals surface area contributed by atoms with Gasteiger partial charge in [-0.05, 0) is 18.6 Å². The minimum atomic E-state index is -0.130. The second kappa shape index (κ2) is 7.62. The Kier molecular flexibility index (Phi) is 5.09. The molecule has 0 fully saturated rings. The number of amides is 1. The van der Waals surface area contributed by atoms with E-state index < -0.39 is 0 Å². The Bertz CT molecular complexity index is 923. The van der Waals surface area contributed by atoms with Crippen molar-refractivity contribution in [3.63, 3.8) is 0 Å². The van der Waals surface area contributed by atoms with E-state index in [2.05, 4.69) is 40.7 Å². The van der Waals surface area contributed by atoms with Crippen LogP contribution in [0.2, 0.25) is 0 Å². The van der Waals surface area contributed by atoms with Gasteiger partial charge in [0.1, 0.15) is 0 Å². The normalized spacial score (nSPS) is 11.1. The van der Waals surface area contributed by atoms with Gasteiger partial charge in [-0.2, -0.15) is 5.10 Å². The maximum atomic E-state index is 12.0. The second-order valence-electron chi connectivity index (χ2n) is 5.87. The fourth-order valence-electron chi connectivity index (χ4n) is 2.97. The Hall–Kier alpha value is -3.14.